The highest BCUT2D eigenvalue weighted by molar-refractivity contribution is 7.92. The van der Waals surface area contributed by atoms with Crippen LogP contribution in [0.4, 0.5) is 5.69 Å². The molecule has 0 radical (unpaired) electrons. The number of sulfonamides is 1. The number of aliphatic hydroxyl groups excluding tert-OH is 1. The maximum atomic E-state index is 12.1. The first-order valence-corrected chi connectivity index (χ1v) is 7.71. The van der Waals surface area contributed by atoms with E-state index < -0.39 is 10.0 Å². The maximum Gasteiger partial charge on any atom is 0.234 e. The summed E-state index contributed by atoms with van der Waals surface area (Å²) in [6.45, 7) is 5.77. The zero-order valence-corrected chi connectivity index (χ0v) is 12.0. The molecule has 1 aromatic rings. The first kappa shape index (κ1) is 15.0. The number of benzene rings is 1. The van der Waals surface area contributed by atoms with Crippen molar-refractivity contribution >= 4 is 15.7 Å². The van der Waals surface area contributed by atoms with Crippen LogP contribution in [0, 0.1) is 13.8 Å². The van der Waals surface area contributed by atoms with Crippen LogP contribution < -0.4 is 4.31 Å². The minimum atomic E-state index is -3.30. The van der Waals surface area contributed by atoms with Gasteiger partial charge in [0.1, 0.15) is 0 Å². The normalized spacial score (nSPS) is 11.6. The van der Waals surface area contributed by atoms with Crippen molar-refractivity contribution in [3.63, 3.8) is 0 Å². The number of hydrogen-bond acceptors (Lipinski definition) is 3. The lowest BCUT2D eigenvalue weighted by atomic mass is 10.1. The summed E-state index contributed by atoms with van der Waals surface area (Å²) >= 11 is 0. The second-order valence-electron chi connectivity index (χ2n) is 4.34. The largest absolute Gasteiger partial charge is 0.396 e. The Labute approximate surface area is 109 Å². The predicted molar refractivity (Wildman–Crippen MR) is 74.4 cm³/mol. The number of aryl methyl sites for hydroxylation is 2. The van der Waals surface area contributed by atoms with Gasteiger partial charge in [0.05, 0.1) is 11.4 Å². The Bertz CT molecular complexity index is 497. The Hall–Kier alpha value is -1.07. The van der Waals surface area contributed by atoms with E-state index in [9.17, 15) is 8.42 Å². The monoisotopic (exact) mass is 271 g/mol. The van der Waals surface area contributed by atoms with Crippen LogP contribution in [0.15, 0.2) is 18.2 Å². The Morgan fingerprint density at radius 3 is 2.50 bits per heavy atom. The molecule has 1 aromatic carbocycles. The van der Waals surface area contributed by atoms with E-state index in [2.05, 4.69) is 0 Å². The van der Waals surface area contributed by atoms with Gasteiger partial charge in [-0.3, -0.25) is 4.31 Å². The highest BCUT2D eigenvalue weighted by Crippen LogP contribution is 2.24. The molecule has 0 aromatic heterocycles. The van der Waals surface area contributed by atoms with Crippen molar-refractivity contribution in [3.8, 4) is 0 Å². The lowest BCUT2D eigenvalue weighted by Crippen LogP contribution is -2.34. The highest BCUT2D eigenvalue weighted by atomic mass is 32.2. The molecule has 0 fully saturated rings. The van der Waals surface area contributed by atoms with Gasteiger partial charge >= 0.3 is 0 Å². The zero-order chi connectivity index (χ0) is 13.8. The molecule has 0 heterocycles. The van der Waals surface area contributed by atoms with Gasteiger partial charge in [-0.05, 0) is 44.4 Å². The molecule has 0 saturated carbocycles. The molecule has 5 heteroatoms. The quantitative estimate of drug-likeness (QED) is 0.859. The van der Waals surface area contributed by atoms with E-state index >= 15 is 0 Å². The summed E-state index contributed by atoms with van der Waals surface area (Å²) in [5.74, 6) is 0.0613. The number of nitrogens with zero attached hydrogens (tertiary/aromatic N) is 1. The fourth-order valence-corrected chi connectivity index (χ4v) is 2.98. The molecular formula is C13H21NO3S. The fourth-order valence-electron chi connectivity index (χ4n) is 1.77. The summed E-state index contributed by atoms with van der Waals surface area (Å²) in [7, 11) is -3.30. The van der Waals surface area contributed by atoms with Crippen molar-refractivity contribution < 1.29 is 13.5 Å². The van der Waals surface area contributed by atoms with Crippen molar-refractivity contribution in [1.29, 1.82) is 0 Å². The van der Waals surface area contributed by atoms with Gasteiger partial charge in [0.15, 0.2) is 0 Å². The Balaban J connectivity index is 3.21. The second-order valence-corrected chi connectivity index (χ2v) is 6.52. The molecule has 18 heavy (non-hydrogen) atoms. The van der Waals surface area contributed by atoms with E-state index in [4.69, 9.17) is 5.11 Å². The summed E-state index contributed by atoms with van der Waals surface area (Å²) in [6, 6.07) is 5.75. The third-order valence-electron chi connectivity index (χ3n) is 2.85. The van der Waals surface area contributed by atoms with E-state index in [0.717, 1.165) is 11.1 Å². The lowest BCUT2D eigenvalue weighted by Gasteiger charge is -2.25. The highest BCUT2D eigenvalue weighted by Gasteiger charge is 2.21. The van der Waals surface area contributed by atoms with Crippen LogP contribution in [0.5, 0.6) is 0 Å². The third kappa shape index (κ3) is 3.46. The Morgan fingerprint density at radius 2 is 1.94 bits per heavy atom. The molecule has 0 spiro atoms. The van der Waals surface area contributed by atoms with Gasteiger partial charge in [0, 0.05) is 13.2 Å². The minimum Gasteiger partial charge on any atom is -0.396 e. The van der Waals surface area contributed by atoms with Gasteiger partial charge in [-0.25, -0.2) is 8.42 Å². The summed E-state index contributed by atoms with van der Waals surface area (Å²) in [5.41, 5.74) is 2.66. The predicted octanol–water partition coefficient (Wildman–Crippen LogP) is 1.84. The topological polar surface area (TPSA) is 57.6 Å². The standard InChI is InChI=1S/C13H21NO3S/c1-4-18(16,17)14(8-5-9-15)13-10-11(2)6-7-12(13)3/h6-7,10,15H,4-5,8-9H2,1-3H3. The van der Waals surface area contributed by atoms with Gasteiger partial charge in [-0.1, -0.05) is 12.1 Å². The van der Waals surface area contributed by atoms with Gasteiger partial charge < -0.3 is 5.11 Å². The molecule has 102 valence electrons. The van der Waals surface area contributed by atoms with E-state index in [-0.39, 0.29) is 12.4 Å². The van der Waals surface area contributed by atoms with E-state index in [1.165, 1.54) is 4.31 Å². The van der Waals surface area contributed by atoms with E-state index in [1.807, 2.05) is 32.0 Å². The molecule has 0 aliphatic carbocycles. The average Bonchev–Trinajstić information content (AvgIpc) is 2.33. The smallest absolute Gasteiger partial charge is 0.234 e. The van der Waals surface area contributed by atoms with Crippen LogP contribution in [0.25, 0.3) is 0 Å². The van der Waals surface area contributed by atoms with Crippen molar-refractivity contribution in [2.24, 2.45) is 0 Å². The molecule has 0 aliphatic heterocycles. The van der Waals surface area contributed by atoms with Crippen LogP contribution in [0.2, 0.25) is 0 Å². The molecular weight excluding hydrogens is 250 g/mol. The molecule has 1 N–H and O–H groups in total. The minimum absolute atomic E-state index is 0.0133. The summed E-state index contributed by atoms with van der Waals surface area (Å²) in [6.07, 6.45) is 0.437. The van der Waals surface area contributed by atoms with Crippen LogP contribution in [-0.2, 0) is 10.0 Å². The Morgan fingerprint density at radius 1 is 1.28 bits per heavy atom. The molecule has 0 bridgehead atoms. The molecule has 1 rings (SSSR count). The van der Waals surface area contributed by atoms with Crippen molar-refractivity contribution in [3.05, 3.63) is 29.3 Å². The Kier molecular flexibility index (Phi) is 5.16. The van der Waals surface area contributed by atoms with Crippen LogP contribution in [-0.4, -0.2) is 32.4 Å². The van der Waals surface area contributed by atoms with Crippen LogP contribution >= 0.6 is 0 Å². The number of hydrogen-bond donors (Lipinski definition) is 1. The molecule has 0 aliphatic rings. The maximum absolute atomic E-state index is 12.1. The average molecular weight is 271 g/mol. The molecule has 4 nitrogen and oxygen atoms in total. The van der Waals surface area contributed by atoms with Crippen LogP contribution in [0.3, 0.4) is 0 Å². The van der Waals surface area contributed by atoms with Crippen LogP contribution in [0.1, 0.15) is 24.5 Å². The number of anilines is 1. The van der Waals surface area contributed by atoms with Crippen molar-refractivity contribution in [2.45, 2.75) is 27.2 Å². The fraction of sp³-hybridized carbons (Fsp3) is 0.538. The number of rotatable bonds is 6. The first-order chi connectivity index (χ1) is 8.42. The molecule has 0 unspecified atom stereocenters. The van der Waals surface area contributed by atoms with Gasteiger partial charge in [0.25, 0.3) is 0 Å². The summed E-state index contributed by atoms with van der Waals surface area (Å²) in [4.78, 5) is 0. The zero-order valence-electron chi connectivity index (χ0n) is 11.2. The molecule has 0 saturated heterocycles. The first-order valence-electron chi connectivity index (χ1n) is 6.11. The molecule has 0 amide bonds. The number of aliphatic hydroxyl groups is 1. The van der Waals surface area contributed by atoms with Gasteiger partial charge in [0.2, 0.25) is 10.0 Å². The SMILES string of the molecule is CCS(=O)(=O)N(CCCO)c1cc(C)ccc1C. The van der Waals surface area contributed by atoms with Crippen molar-refractivity contribution in [1.82, 2.24) is 0 Å². The third-order valence-corrected chi connectivity index (χ3v) is 4.63. The second kappa shape index (κ2) is 6.20. The van der Waals surface area contributed by atoms with Crippen molar-refractivity contribution in [2.75, 3.05) is 23.2 Å². The summed E-state index contributed by atoms with van der Waals surface area (Å²) < 4.78 is 25.6. The van der Waals surface area contributed by atoms with E-state index in [1.54, 1.807) is 6.92 Å². The van der Waals surface area contributed by atoms with Gasteiger partial charge in [-0.15, -0.1) is 0 Å². The molecule has 0 atom stereocenters. The van der Waals surface area contributed by atoms with E-state index in [0.29, 0.717) is 18.7 Å². The lowest BCUT2D eigenvalue weighted by molar-refractivity contribution is 0.291. The summed E-state index contributed by atoms with van der Waals surface area (Å²) in [5, 5.41) is 8.90. The van der Waals surface area contributed by atoms with Gasteiger partial charge in [-0.2, -0.15) is 0 Å².